The Hall–Kier alpha value is -1.14. The van der Waals surface area contributed by atoms with Crippen molar-refractivity contribution in [3.05, 3.63) is 16.1 Å². The van der Waals surface area contributed by atoms with Crippen molar-refractivity contribution in [1.29, 1.82) is 0 Å². The van der Waals surface area contributed by atoms with Crippen molar-refractivity contribution in [3.63, 3.8) is 0 Å². The first-order valence-electron chi connectivity index (χ1n) is 7.32. The molecule has 2 rings (SSSR count). The van der Waals surface area contributed by atoms with Crippen molar-refractivity contribution in [2.75, 3.05) is 26.7 Å². The number of likely N-dealkylation sites (tertiary alicyclic amines) is 1. The van der Waals surface area contributed by atoms with E-state index in [1.54, 1.807) is 11.3 Å². The number of likely N-dealkylation sites (N-methyl/N-ethyl adjacent to an activating group) is 1. The van der Waals surface area contributed by atoms with Gasteiger partial charge in [0.15, 0.2) is 5.96 Å². The number of thiazole rings is 1. The van der Waals surface area contributed by atoms with Crippen molar-refractivity contribution < 1.29 is 0 Å². The molecule has 1 fully saturated rings. The van der Waals surface area contributed by atoms with Gasteiger partial charge in [-0.15, -0.1) is 11.3 Å². The van der Waals surface area contributed by atoms with Crippen LogP contribution in [-0.4, -0.2) is 48.6 Å². The second-order valence-corrected chi connectivity index (χ2v) is 6.03. The molecule has 0 aromatic carbocycles. The number of guanidine groups is 1. The molecule has 0 amide bonds. The van der Waals surface area contributed by atoms with Gasteiger partial charge in [0.2, 0.25) is 0 Å². The molecule has 20 heavy (non-hydrogen) atoms. The quantitative estimate of drug-likeness (QED) is 0.640. The van der Waals surface area contributed by atoms with Gasteiger partial charge >= 0.3 is 0 Å². The first-order chi connectivity index (χ1) is 9.74. The Balaban J connectivity index is 1.77. The highest BCUT2D eigenvalue weighted by molar-refractivity contribution is 7.09. The maximum Gasteiger partial charge on any atom is 0.191 e. The van der Waals surface area contributed by atoms with Crippen molar-refractivity contribution in [1.82, 2.24) is 20.5 Å². The molecule has 2 heterocycles. The largest absolute Gasteiger partial charge is 0.355 e. The maximum atomic E-state index is 4.29. The summed E-state index contributed by atoms with van der Waals surface area (Å²) >= 11 is 1.68. The Morgan fingerprint density at radius 1 is 1.55 bits per heavy atom. The number of aryl methyl sites for hydroxylation is 1. The van der Waals surface area contributed by atoms with Crippen molar-refractivity contribution >= 4 is 17.3 Å². The van der Waals surface area contributed by atoms with Crippen LogP contribution in [0.3, 0.4) is 0 Å². The van der Waals surface area contributed by atoms with Crippen LogP contribution < -0.4 is 10.6 Å². The second-order valence-electron chi connectivity index (χ2n) is 5.09. The van der Waals surface area contributed by atoms with E-state index >= 15 is 0 Å². The monoisotopic (exact) mass is 295 g/mol. The standard InChI is InChI=1S/C14H25N5S/c1-4-19-7-5-6-12(19)8-16-14(15-3)17-9-13-11(2)18-10-20-13/h10,12H,4-9H2,1-3H3,(H2,15,16,17). The number of aliphatic imine (C=N–C) groups is 1. The smallest absolute Gasteiger partial charge is 0.191 e. The van der Waals surface area contributed by atoms with Crippen molar-refractivity contribution in [2.24, 2.45) is 4.99 Å². The van der Waals surface area contributed by atoms with Gasteiger partial charge in [0.05, 0.1) is 17.7 Å². The topological polar surface area (TPSA) is 52.5 Å². The lowest BCUT2D eigenvalue weighted by atomic mass is 10.2. The van der Waals surface area contributed by atoms with E-state index in [0.29, 0.717) is 6.04 Å². The zero-order valence-electron chi connectivity index (χ0n) is 12.6. The first kappa shape index (κ1) is 15.3. The van der Waals surface area contributed by atoms with E-state index in [0.717, 1.165) is 31.3 Å². The van der Waals surface area contributed by atoms with Crippen LogP contribution in [0.5, 0.6) is 0 Å². The predicted molar refractivity (Wildman–Crippen MR) is 85.3 cm³/mol. The summed E-state index contributed by atoms with van der Waals surface area (Å²) in [4.78, 5) is 12.4. The maximum absolute atomic E-state index is 4.29. The van der Waals surface area contributed by atoms with E-state index in [1.165, 1.54) is 24.3 Å². The van der Waals surface area contributed by atoms with Crippen LogP contribution in [0.25, 0.3) is 0 Å². The van der Waals surface area contributed by atoms with Crippen LogP contribution in [0, 0.1) is 6.92 Å². The number of hydrogen-bond donors (Lipinski definition) is 2. The summed E-state index contributed by atoms with van der Waals surface area (Å²) in [5, 5.41) is 6.80. The molecule has 1 aromatic rings. The molecule has 112 valence electrons. The molecule has 0 spiro atoms. The summed E-state index contributed by atoms with van der Waals surface area (Å²) in [6, 6.07) is 0.642. The van der Waals surface area contributed by atoms with Gasteiger partial charge in [0, 0.05) is 24.5 Å². The third kappa shape index (κ3) is 3.93. The molecule has 5 nitrogen and oxygen atoms in total. The Morgan fingerprint density at radius 2 is 2.40 bits per heavy atom. The number of rotatable bonds is 5. The van der Waals surface area contributed by atoms with Crippen LogP contribution in [-0.2, 0) is 6.54 Å². The Kier molecular flexibility index (Phi) is 5.79. The van der Waals surface area contributed by atoms with E-state index < -0.39 is 0 Å². The SMILES string of the molecule is CCN1CCCC1CNC(=NC)NCc1scnc1C. The molecule has 1 atom stereocenters. The average Bonchev–Trinajstić information content (AvgIpc) is 3.08. The molecule has 0 aliphatic carbocycles. The number of nitrogens with zero attached hydrogens (tertiary/aromatic N) is 3. The fourth-order valence-corrected chi connectivity index (χ4v) is 3.35. The molecule has 2 N–H and O–H groups in total. The molecule has 0 radical (unpaired) electrons. The van der Waals surface area contributed by atoms with Crippen LogP contribution in [0.1, 0.15) is 30.3 Å². The van der Waals surface area contributed by atoms with Gasteiger partial charge in [0.25, 0.3) is 0 Å². The first-order valence-corrected chi connectivity index (χ1v) is 8.20. The van der Waals surface area contributed by atoms with Gasteiger partial charge < -0.3 is 10.6 Å². The van der Waals surface area contributed by atoms with Crippen LogP contribution in [0.2, 0.25) is 0 Å². The molecule has 6 heteroatoms. The Labute approximate surface area is 125 Å². The highest BCUT2D eigenvalue weighted by atomic mass is 32.1. The van der Waals surface area contributed by atoms with E-state index in [2.05, 4.69) is 32.4 Å². The lowest BCUT2D eigenvalue weighted by Gasteiger charge is -2.23. The molecule has 1 aliphatic heterocycles. The molecule has 1 aromatic heterocycles. The summed E-state index contributed by atoms with van der Waals surface area (Å²) in [7, 11) is 1.82. The third-order valence-corrected chi connectivity index (χ3v) is 4.83. The van der Waals surface area contributed by atoms with E-state index in [9.17, 15) is 0 Å². The highest BCUT2D eigenvalue weighted by Gasteiger charge is 2.22. The number of hydrogen-bond acceptors (Lipinski definition) is 4. The molecular formula is C14H25N5S. The van der Waals surface area contributed by atoms with E-state index in [4.69, 9.17) is 0 Å². The minimum Gasteiger partial charge on any atom is -0.355 e. The molecule has 1 unspecified atom stereocenters. The summed E-state index contributed by atoms with van der Waals surface area (Å²) in [5.41, 5.74) is 2.99. The Bertz CT molecular complexity index is 443. The predicted octanol–water partition coefficient (Wildman–Crippen LogP) is 1.60. The van der Waals surface area contributed by atoms with Gasteiger partial charge in [0.1, 0.15) is 0 Å². The Morgan fingerprint density at radius 3 is 3.05 bits per heavy atom. The molecule has 1 aliphatic rings. The van der Waals surface area contributed by atoms with Gasteiger partial charge in [-0.25, -0.2) is 4.98 Å². The third-order valence-electron chi connectivity index (χ3n) is 3.90. The average molecular weight is 295 g/mol. The number of nitrogens with one attached hydrogen (secondary N) is 2. The lowest BCUT2D eigenvalue weighted by Crippen LogP contribution is -2.44. The minimum absolute atomic E-state index is 0.642. The van der Waals surface area contributed by atoms with Gasteiger partial charge in [-0.3, -0.25) is 9.89 Å². The minimum atomic E-state index is 0.642. The normalized spacial score (nSPS) is 20.4. The van der Waals surface area contributed by atoms with E-state index in [1.807, 2.05) is 19.5 Å². The van der Waals surface area contributed by atoms with Crippen molar-refractivity contribution in [2.45, 2.75) is 39.3 Å². The van der Waals surface area contributed by atoms with E-state index in [-0.39, 0.29) is 0 Å². The summed E-state index contributed by atoms with van der Waals surface area (Å²) < 4.78 is 0. The van der Waals surface area contributed by atoms with Crippen molar-refractivity contribution in [3.8, 4) is 0 Å². The fraction of sp³-hybridized carbons (Fsp3) is 0.714. The second kappa shape index (κ2) is 7.59. The van der Waals surface area contributed by atoms with Gasteiger partial charge in [-0.05, 0) is 32.9 Å². The number of aromatic nitrogens is 1. The molecule has 1 saturated heterocycles. The summed E-state index contributed by atoms with van der Waals surface area (Å²) in [6.45, 7) is 8.40. The summed E-state index contributed by atoms with van der Waals surface area (Å²) in [5.74, 6) is 0.876. The summed E-state index contributed by atoms with van der Waals surface area (Å²) in [6.07, 6.45) is 2.60. The van der Waals surface area contributed by atoms with Crippen LogP contribution in [0.4, 0.5) is 0 Å². The van der Waals surface area contributed by atoms with Crippen LogP contribution in [0.15, 0.2) is 10.5 Å². The highest BCUT2D eigenvalue weighted by Crippen LogP contribution is 2.15. The zero-order valence-corrected chi connectivity index (χ0v) is 13.5. The van der Waals surface area contributed by atoms with Gasteiger partial charge in [-0.1, -0.05) is 6.92 Å². The van der Waals surface area contributed by atoms with Crippen LogP contribution >= 0.6 is 11.3 Å². The zero-order chi connectivity index (χ0) is 14.4. The molecule has 0 saturated carbocycles. The fourth-order valence-electron chi connectivity index (χ4n) is 2.64. The molecule has 0 bridgehead atoms. The van der Waals surface area contributed by atoms with Gasteiger partial charge in [-0.2, -0.15) is 0 Å². The molecular weight excluding hydrogens is 270 g/mol. The lowest BCUT2D eigenvalue weighted by molar-refractivity contribution is 0.267.